The molecule has 0 radical (unpaired) electrons. The molecule has 108 valence electrons. The molecule has 0 saturated heterocycles. The lowest BCUT2D eigenvalue weighted by Crippen LogP contribution is -2.27. The summed E-state index contributed by atoms with van der Waals surface area (Å²) in [5.74, 6) is 0.762. The Morgan fingerprint density at radius 3 is 2.80 bits per heavy atom. The van der Waals surface area contributed by atoms with Crippen molar-refractivity contribution >= 4 is 11.5 Å². The van der Waals surface area contributed by atoms with Crippen molar-refractivity contribution in [2.75, 3.05) is 0 Å². The van der Waals surface area contributed by atoms with E-state index in [0.717, 1.165) is 31.4 Å². The third-order valence-corrected chi connectivity index (χ3v) is 4.22. The summed E-state index contributed by atoms with van der Waals surface area (Å²) in [5.41, 5.74) is 0.771. The maximum absolute atomic E-state index is 10.9. The average molecular weight is 278 g/mol. The molecule has 7 heteroatoms. The molecule has 1 aliphatic carbocycles. The highest BCUT2D eigenvalue weighted by atomic mass is 16.6. The van der Waals surface area contributed by atoms with Crippen LogP contribution in [0.4, 0.5) is 5.82 Å². The first-order chi connectivity index (χ1) is 9.68. The Labute approximate surface area is 116 Å². The molecule has 0 spiro atoms. The summed E-state index contributed by atoms with van der Waals surface area (Å²) < 4.78 is 1.49. The van der Waals surface area contributed by atoms with Crippen LogP contribution in [0.3, 0.4) is 0 Å². The fraction of sp³-hybridized carbons (Fsp3) is 0.692. The molecule has 1 saturated carbocycles. The number of rotatable bonds is 2. The maximum Gasteiger partial charge on any atom is 0.342 e. The molecule has 2 unspecified atom stereocenters. The van der Waals surface area contributed by atoms with E-state index in [-0.39, 0.29) is 17.8 Å². The van der Waals surface area contributed by atoms with Crippen LogP contribution in [0.1, 0.15) is 44.3 Å². The number of nitrogens with zero attached hydrogens (tertiary/aromatic N) is 4. The molecular weight excluding hydrogens is 260 g/mol. The van der Waals surface area contributed by atoms with Crippen LogP contribution < -0.4 is 0 Å². The van der Waals surface area contributed by atoms with Gasteiger partial charge in [0, 0.05) is 0 Å². The number of aromatic nitrogens is 2. The molecule has 3 rings (SSSR count). The number of oxime groups is 1. The molecule has 2 heterocycles. The van der Waals surface area contributed by atoms with Gasteiger partial charge < -0.3 is 15.0 Å². The molecule has 0 aromatic carbocycles. The van der Waals surface area contributed by atoms with Crippen LogP contribution in [0.25, 0.3) is 0 Å². The van der Waals surface area contributed by atoms with Gasteiger partial charge in [-0.1, -0.05) is 24.4 Å². The largest absolute Gasteiger partial charge is 0.391 e. The number of fused-ring (bicyclic) bond motifs is 1. The highest BCUT2D eigenvalue weighted by Crippen LogP contribution is 2.33. The Morgan fingerprint density at radius 2 is 2.10 bits per heavy atom. The van der Waals surface area contributed by atoms with Crippen LogP contribution in [0.2, 0.25) is 0 Å². The van der Waals surface area contributed by atoms with E-state index >= 15 is 0 Å². The zero-order valence-corrected chi connectivity index (χ0v) is 11.5. The first-order valence-electron chi connectivity index (χ1n) is 7.08. The summed E-state index contributed by atoms with van der Waals surface area (Å²) in [4.78, 5) is 20.2. The van der Waals surface area contributed by atoms with Crippen molar-refractivity contribution < 1.29 is 9.76 Å². The number of hydrogen-bond donors (Lipinski definition) is 0. The van der Waals surface area contributed by atoms with Crippen molar-refractivity contribution in [1.29, 1.82) is 0 Å². The van der Waals surface area contributed by atoms with Gasteiger partial charge in [-0.25, -0.2) is 9.55 Å². The van der Waals surface area contributed by atoms with Crippen LogP contribution in [0, 0.1) is 16.0 Å². The van der Waals surface area contributed by atoms with E-state index in [2.05, 4.69) is 10.1 Å². The van der Waals surface area contributed by atoms with E-state index in [1.807, 2.05) is 0 Å². The SMILES string of the molecule is Cn1c([N+](=O)[O-])cnc1C1=NOC2CCCCCCC12. The van der Waals surface area contributed by atoms with Gasteiger partial charge in [0.15, 0.2) is 5.71 Å². The second kappa shape index (κ2) is 5.22. The first kappa shape index (κ1) is 13.1. The van der Waals surface area contributed by atoms with E-state index in [1.165, 1.54) is 23.6 Å². The standard InChI is InChI=1S/C13H18N4O3/c1-16-11(17(18)19)8-14-13(16)12-9-6-4-2-3-5-7-10(9)20-15-12/h8-10H,2-7H2,1H3. The smallest absolute Gasteiger partial charge is 0.342 e. The lowest BCUT2D eigenvalue weighted by atomic mass is 9.85. The Balaban J connectivity index is 1.88. The molecule has 1 aromatic rings. The Kier molecular flexibility index (Phi) is 3.42. The van der Waals surface area contributed by atoms with Gasteiger partial charge in [0.1, 0.15) is 12.3 Å². The van der Waals surface area contributed by atoms with Gasteiger partial charge in [0.25, 0.3) is 0 Å². The minimum Gasteiger partial charge on any atom is -0.391 e. The van der Waals surface area contributed by atoms with Gasteiger partial charge in [0.2, 0.25) is 5.82 Å². The molecule has 1 fully saturated rings. The van der Waals surface area contributed by atoms with Crippen LogP contribution in [0.15, 0.2) is 11.4 Å². The molecule has 2 atom stereocenters. The minimum atomic E-state index is -0.428. The van der Waals surface area contributed by atoms with E-state index in [9.17, 15) is 10.1 Å². The van der Waals surface area contributed by atoms with Gasteiger partial charge in [0.05, 0.1) is 13.0 Å². The van der Waals surface area contributed by atoms with Gasteiger partial charge in [-0.05, 0) is 24.2 Å². The normalized spacial score (nSPS) is 26.1. The van der Waals surface area contributed by atoms with Crippen molar-refractivity contribution in [2.45, 2.75) is 44.6 Å². The molecule has 20 heavy (non-hydrogen) atoms. The molecular formula is C13H18N4O3. The summed E-state index contributed by atoms with van der Waals surface area (Å²) in [6.07, 6.45) is 8.21. The number of nitro groups is 1. The topological polar surface area (TPSA) is 82.5 Å². The van der Waals surface area contributed by atoms with Crippen molar-refractivity contribution in [2.24, 2.45) is 18.1 Å². The number of imidazole rings is 1. The lowest BCUT2D eigenvalue weighted by molar-refractivity contribution is -0.391. The maximum atomic E-state index is 10.9. The Morgan fingerprint density at radius 1 is 1.35 bits per heavy atom. The van der Waals surface area contributed by atoms with E-state index < -0.39 is 4.92 Å². The third kappa shape index (κ3) is 2.17. The van der Waals surface area contributed by atoms with E-state index in [4.69, 9.17) is 4.84 Å². The van der Waals surface area contributed by atoms with E-state index in [0.29, 0.717) is 5.82 Å². The second-order valence-electron chi connectivity index (χ2n) is 5.47. The summed E-state index contributed by atoms with van der Waals surface area (Å²) in [5, 5.41) is 15.1. The molecule has 1 aromatic heterocycles. The van der Waals surface area contributed by atoms with Crippen molar-refractivity contribution in [1.82, 2.24) is 9.55 Å². The Hall–Kier alpha value is -1.92. The summed E-state index contributed by atoms with van der Waals surface area (Å²) in [7, 11) is 1.65. The molecule has 2 aliphatic rings. The predicted octanol–water partition coefficient (Wildman–Crippen LogP) is 2.40. The molecule has 0 N–H and O–H groups in total. The minimum absolute atomic E-state index is 0.0167. The molecule has 0 amide bonds. The van der Waals surface area contributed by atoms with Crippen molar-refractivity contribution in [3.05, 3.63) is 22.1 Å². The predicted molar refractivity (Wildman–Crippen MR) is 72.5 cm³/mol. The summed E-state index contributed by atoms with van der Waals surface area (Å²) in [6, 6.07) is 0. The van der Waals surface area contributed by atoms with Crippen molar-refractivity contribution in [3.63, 3.8) is 0 Å². The van der Waals surface area contributed by atoms with E-state index in [1.54, 1.807) is 7.05 Å². The van der Waals surface area contributed by atoms with Gasteiger partial charge in [-0.2, -0.15) is 0 Å². The van der Waals surface area contributed by atoms with Gasteiger partial charge in [-0.3, -0.25) is 0 Å². The summed E-state index contributed by atoms with van der Waals surface area (Å²) in [6.45, 7) is 0. The lowest BCUT2D eigenvalue weighted by Gasteiger charge is -2.20. The highest BCUT2D eigenvalue weighted by molar-refractivity contribution is 6.00. The fourth-order valence-corrected chi connectivity index (χ4v) is 3.10. The zero-order valence-electron chi connectivity index (χ0n) is 11.5. The van der Waals surface area contributed by atoms with Crippen LogP contribution >= 0.6 is 0 Å². The zero-order chi connectivity index (χ0) is 14.1. The van der Waals surface area contributed by atoms with Crippen LogP contribution in [0.5, 0.6) is 0 Å². The van der Waals surface area contributed by atoms with Gasteiger partial charge in [-0.15, -0.1) is 0 Å². The fourth-order valence-electron chi connectivity index (χ4n) is 3.10. The number of hydrogen-bond acceptors (Lipinski definition) is 5. The second-order valence-corrected chi connectivity index (χ2v) is 5.47. The summed E-state index contributed by atoms with van der Waals surface area (Å²) >= 11 is 0. The average Bonchev–Trinajstić information content (AvgIpc) is 2.92. The van der Waals surface area contributed by atoms with Crippen molar-refractivity contribution in [3.8, 4) is 0 Å². The quantitative estimate of drug-likeness (QED) is 0.614. The Bertz CT molecular complexity index is 552. The van der Waals surface area contributed by atoms with Crippen LogP contribution in [-0.4, -0.2) is 26.3 Å². The van der Waals surface area contributed by atoms with Gasteiger partial charge >= 0.3 is 5.82 Å². The molecule has 7 nitrogen and oxygen atoms in total. The first-order valence-corrected chi connectivity index (χ1v) is 7.08. The highest BCUT2D eigenvalue weighted by Gasteiger charge is 2.39. The third-order valence-electron chi connectivity index (χ3n) is 4.22. The molecule has 1 aliphatic heterocycles. The monoisotopic (exact) mass is 278 g/mol. The van der Waals surface area contributed by atoms with Crippen LogP contribution in [-0.2, 0) is 11.9 Å². The molecule has 0 bridgehead atoms.